The van der Waals surface area contributed by atoms with Gasteiger partial charge in [-0.2, -0.15) is 0 Å². The average Bonchev–Trinajstić information content (AvgIpc) is 2.91. The van der Waals surface area contributed by atoms with E-state index in [-0.39, 0.29) is 5.82 Å². The third-order valence-electron chi connectivity index (χ3n) is 3.19. The van der Waals surface area contributed by atoms with E-state index in [0.29, 0.717) is 6.04 Å². The summed E-state index contributed by atoms with van der Waals surface area (Å²) in [6.45, 7) is 5.28. The molecule has 1 aromatic heterocycles. The van der Waals surface area contributed by atoms with Gasteiger partial charge in [-0.1, -0.05) is 36.2 Å². The van der Waals surface area contributed by atoms with Crippen molar-refractivity contribution in [3.8, 4) is 10.4 Å². The van der Waals surface area contributed by atoms with Crippen LogP contribution in [-0.2, 0) is 0 Å². The molecule has 0 radical (unpaired) electrons. The summed E-state index contributed by atoms with van der Waals surface area (Å²) in [6.07, 6.45) is 2.27. The topological polar surface area (TPSA) is 12.0 Å². The van der Waals surface area contributed by atoms with Gasteiger partial charge in [0.05, 0.1) is 0 Å². The Labute approximate surface area is 132 Å². The first-order chi connectivity index (χ1) is 9.65. The fourth-order valence-electron chi connectivity index (χ4n) is 2.25. The molecule has 1 unspecified atom stereocenters. The molecule has 2 aromatic rings. The summed E-state index contributed by atoms with van der Waals surface area (Å²) in [5.74, 6) is -0.199. The first-order valence-corrected chi connectivity index (χ1v) is 8.55. The van der Waals surface area contributed by atoms with Crippen LogP contribution >= 0.6 is 27.3 Å². The van der Waals surface area contributed by atoms with Crippen molar-refractivity contribution in [2.75, 3.05) is 6.54 Å². The standard InChI is InChI=1S/C16H19BrFNS/c1-3-5-14(19-4-2)16-9-8-15(20-16)12-10-11(18)6-7-13(12)17/h6-10,14,19H,3-5H2,1-2H3. The lowest BCUT2D eigenvalue weighted by molar-refractivity contribution is 0.516. The van der Waals surface area contributed by atoms with Crippen molar-refractivity contribution < 1.29 is 4.39 Å². The molecule has 0 aliphatic rings. The molecule has 1 N–H and O–H groups in total. The van der Waals surface area contributed by atoms with Crippen LogP contribution in [0.25, 0.3) is 10.4 Å². The van der Waals surface area contributed by atoms with Gasteiger partial charge in [0.2, 0.25) is 0 Å². The smallest absolute Gasteiger partial charge is 0.123 e. The Morgan fingerprint density at radius 2 is 2.05 bits per heavy atom. The molecule has 0 amide bonds. The van der Waals surface area contributed by atoms with Gasteiger partial charge >= 0.3 is 0 Å². The maximum absolute atomic E-state index is 13.4. The highest BCUT2D eigenvalue weighted by atomic mass is 79.9. The minimum absolute atomic E-state index is 0.199. The van der Waals surface area contributed by atoms with Crippen LogP contribution < -0.4 is 5.32 Å². The van der Waals surface area contributed by atoms with Crippen molar-refractivity contribution in [1.82, 2.24) is 5.32 Å². The van der Waals surface area contributed by atoms with Crippen molar-refractivity contribution in [3.63, 3.8) is 0 Å². The highest BCUT2D eigenvalue weighted by Gasteiger charge is 2.14. The summed E-state index contributed by atoms with van der Waals surface area (Å²) in [5.41, 5.74) is 0.924. The molecule has 1 aromatic carbocycles. The van der Waals surface area contributed by atoms with Crippen LogP contribution in [0.5, 0.6) is 0 Å². The van der Waals surface area contributed by atoms with Crippen LogP contribution in [0.2, 0.25) is 0 Å². The van der Waals surface area contributed by atoms with E-state index in [9.17, 15) is 4.39 Å². The molecular formula is C16H19BrFNS. The molecule has 1 nitrogen and oxygen atoms in total. The Bertz CT molecular complexity index is 561. The highest BCUT2D eigenvalue weighted by molar-refractivity contribution is 9.10. The average molecular weight is 356 g/mol. The molecule has 0 bridgehead atoms. The van der Waals surface area contributed by atoms with Crippen molar-refractivity contribution in [3.05, 3.63) is 45.5 Å². The number of halogens is 2. The summed E-state index contributed by atoms with van der Waals surface area (Å²) in [7, 11) is 0. The van der Waals surface area contributed by atoms with Crippen molar-refractivity contribution >= 4 is 27.3 Å². The fourth-order valence-corrected chi connectivity index (χ4v) is 3.99. The number of benzene rings is 1. The third kappa shape index (κ3) is 3.68. The summed E-state index contributed by atoms with van der Waals surface area (Å²) in [6, 6.07) is 9.45. The van der Waals surface area contributed by atoms with Gasteiger partial charge in [0.25, 0.3) is 0 Å². The summed E-state index contributed by atoms with van der Waals surface area (Å²) < 4.78 is 14.3. The van der Waals surface area contributed by atoms with E-state index < -0.39 is 0 Å². The largest absolute Gasteiger partial charge is 0.310 e. The van der Waals surface area contributed by atoms with Crippen molar-refractivity contribution in [1.29, 1.82) is 0 Å². The normalized spacial score (nSPS) is 12.6. The highest BCUT2D eigenvalue weighted by Crippen LogP contribution is 2.36. The summed E-state index contributed by atoms with van der Waals surface area (Å²) in [4.78, 5) is 2.42. The molecular weight excluding hydrogens is 337 g/mol. The second kappa shape index (κ2) is 7.34. The first kappa shape index (κ1) is 15.7. The minimum Gasteiger partial charge on any atom is -0.310 e. The van der Waals surface area contributed by atoms with Crippen LogP contribution in [0.15, 0.2) is 34.8 Å². The Morgan fingerprint density at radius 3 is 2.75 bits per heavy atom. The SMILES string of the molecule is CCCC(NCC)c1ccc(-c2cc(F)ccc2Br)s1. The van der Waals surface area contributed by atoms with E-state index >= 15 is 0 Å². The van der Waals surface area contributed by atoms with Crippen LogP contribution in [0.4, 0.5) is 4.39 Å². The molecule has 20 heavy (non-hydrogen) atoms. The zero-order chi connectivity index (χ0) is 14.5. The monoisotopic (exact) mass is 355 g/mol. The number of hydrogen-bond acceptors (Lipinski definition) is 2. The molecule has 1 heterocycles. The molecule has 0 fully saturated rings. The number of thiophene rings is 1. The second-order valence-electron chi connectivity index (χ2n) is 4.73. The van der Waals surface area contributed by atoms with E-state index in [1.54, 1.807) is 23.5 Å². The molecule has 0 aliphatic heterocycles. The quantitative estimate of drug-likeness (QED) is 0.693. The van der Waals surface area contributed by atoms with E-state index in [1.807, 2.05) is 0 Å². The van der Waals surface area contributed by atoms with Gasteiger partial charge in [0, 0.05) is 25.8 Å². The lowest BCUT2D eigenvalue weighted by Crippen LogP contribution is -2.19. The number of rotatable bonds is 6. The molecule has 108 valence electrons. The number of nitrogens with one attached hydrogen (secondary N) is 1. The molecule has 1 atom stereocenters. The van der Waals surface area contributed by atoms with E-state index in [4.69, 9.17) is 0 Å². The first-order valence-electron chi connectivity index (χ1n) is 6.94. The van der Waals surface area contributed by atoms with Gasteiger partial charge in [-0.25, -0.2) is 4.39 Å². The Balaban J connectivity index is 2.29. The van der Waals surface area contributed by atoms with Gasteiger partial charge in [-0.05, 0) is 43.3 Å². The number of hydrogen-bond donors (Lipinski definition) is 1. The Morgan fingerprint density at radius 1 is 1.25 bits per heavy atom. The lowest BCUT2D eigenvalue weighted by atomic mass is 10.1. The predicted molar refractivity (Wildman–Crippen MR) is 88.7 cm³/mol. The van der Waals surface area contributed by atoms with E-state index in [0.717, 1.165) is 34.3 Å². The lowest BCUT2D eigenvalue weighted by Gasteiger charge is -2.15. The van der Waals surface area contributed by atoms with E-state index in [2.05, 4.69) is 47.2 Å². The van der Waals surface area contributed by atoms with Gasteiger partial charge in [-0.15, -0.1) is 11.3 Å². The minimum atomic E-state index is -0.199. The van der Waals surface area contributed by atoms with Crippen LogP contribution in [0.3, 0.4) is 0 Å². The van der Waals surface area contributed by atoms with Gasteiger partial charge in [0.15, 0.2) is 0 Å². The summed E-state index contributed by atoms with van der Waals surface area (Å²) >= 11 is 5.24. The summed E-state index contributed by atoms with van der Waals surface area (Å²) in [5, 5.41) is 3.52. The third-order valence-corrected chi connectivity index (χ3v) is 5.12. The molecule has 2 rings (SSSR count). The Hall–Kier alpha value is -0.710. The maximum Gasteiger partial charge on any atom is 0.123 e. The molecule has 0 aliphatic carbocycles. The van der Waals surface area contributed by atoms with Crippen LogP contribution in [-0.4, -0.2) is 6.54 Å². The second-order valence-corrected chi connectivity index (χ2v) is 6.69. The molecule has 0 saturated heterocycles. The molecule has 0 saturated carbocycles. The maximum atomic E-state index is 13.4. The van der Waals surface area contributed by atoms with Gasteiger partial charge in [0.1, 0.15) is 5.82 Å². The van der Waals surface area contributed by atoms with E-state index in [1.165, 1.54) is 10.9 Å². The molecule has 4 heteroatoms. The zero-order valence-corrected chi connectivity index (χ0v) is 14.2. The Kier molecular flexibility index (Phi) is 5.75. The van der Waals surface area contributed by atoms with Gasteiger partial charge < -0.3 is 5.32 Å². The molecule has 0 spiro atoms. The predicted octanol–water partition coefficient (Wildman–Crippen LogP) is 5.77. The zero-order valence-electron chi connectivity index (χ0n) is 11.7. The van der Waals surface area contributed by atoms with Crippen molar-refractivity contribution in [2.24, 2.45) is 0 Å². The fraction of sp³-hybridized carbons (Fsp3) is 0.375. The van der Waals surface area contributed by atoms with Crippen LogP contribution in [0, 0.1) is 5.82 Å². The van der Waals surface area contributed by atoms with Crippen molar-refractivity contribution in [2.45, 2.75) is 32.7 Å². The van der Waals surface area contributed by atoms with Crippen LogP contribution in [0.1, 0.15) is 37.6 Å². The van der Waals surface area contributed by atoms with Gasteiger partial charge in [-0.3, -0.25) is 0 Å².